The third-order valence-corrected chi connectivity index (χ3v) is 5.42. The number of aromatic amines is 1. The second-order valence-corrected chi connectivity index (χ2v) is 7.43. The van der Waals surface area contributed by atoms with Crippen LogP contribution in [0.5, 0.6) is 5.75 Å². The van der Waals surface area contributed by atoms with Crippen LogP contribution in [0.3, 0.4) is 0 Å². The lowest BCUT2D eigenvalue weighted by atomic mass is 10.1. The van der Waals surface area contributed by atoms with E-state index in [0.717, 1.165) is 27.8 Å². The highest BCUT2D eigenvalue weighted by atomic mass is 16.5. The third kappa shape index (κ3) is 4.53. The summed E-state index contributed by atoms with van der Waals surface area (Å²) >= 11 is 0. The highest BCUT2D eigenvalue weighted by Crippen LogP contribution is 2.19. The number of rotatable bonds is 8. The molecule has 1 atom stereocenters. The van der Waals surface area contributed by atoms with E-state index in [2.05, 4.69) is 15.6 Å². The molecule has 1 aliphatic rings. The standard InChI is InChI=1S/C23H24N4O4/c1-31-17-8-6-15(7-9-17)13-25-21(28)12-20-22(29)27(23(30)26-20)11-10-16-14-24-19-5-3-2-4-18(16)19/h2-9,14,20,24H,10-13H2,1H3,(H,25,28)(H,26,30)/t20-/m1/s1. The van der Waals surface area contributed by atoms with Crippen molar-refractivity contribution in [2.75, 3.05) is 13.7 Å². The van der Waals surface area contributed by atoms with Crippen LogP contribution in [0.15, 0.2) is 54.7 Å². The minimum atomic E-state index is -0.841. The SMILES string of the molecule is COc1ccc(CNC(=O)C[C@H]2NC(=O)N(CCc3c[nH]c4ccccc34)C2=O)cc1. The summed E-state index contributed by atoms with van der Waals surface area (Å²) in [4.78, 5) is 41.6. The number of nitrogens with one attached hydrogen (secondary N) is 3. The summed E-state index contributed by atoms with van der Waals surface area (Å²) in [5, 5.41) is 6.47. The van der Waals surface area contributed by atoms with Gasteiger partial charge in [0.2, 0.25) is 5.91 Å². The fourth-order valence-electron chi connectivity index (χ4n) is 3.70. The first-order valence-corrected chi connectivity index (χ1v) is 10.1. The van der Waals surface area contributed by atoms with Crippen LogP contribution in [0.4, 0.5) is 4.79 Å². The van der Waals surface area contributed by atoms with E-state index >= 15 is 0 Å². The topological polar surface area (TPSA) is 104 Å². The Morgan fingerprint density at radius 1 is 1.13 bits per heavy atom. The van der Waals surface area contributed by atoms with Gasteiger partial charge < -0.3 is 20.4 Å². The minimum Gasteiger partial charge on any atom is -0.497 e. The first-order chi connectivity index (χ1) is 15.0. The summed E-state index contributed by atoms with van der Waals surface area (Å²) in [5.41, 5.74) is 2.97. The highest BCUT2D eigenvalue weighted by Gasteiger charge is 2.38. The second kappa shape index (κ2) is 8.91. The van der Waals surface area contributed by atoms with E-state index in [1.54, 1.807) is 7.11 Å². The van der Waals surface area contributed by atoms with Gasteiger partial charge in [0, 0.05) is 30.2 Å². The van der Waals surface area contributed by atoms with Gasteiger partial charge in [0.05, 0.1) is 13.5 Å². The van der Waals surface area contributed by atoms with Crippen LogP contribution < -0.4 is 15.4 Å². The van der Waals surface area contributed by atoms with Gasteiger partial charge in [-0.3, -0.25) is 14.5 Å². The van der Waals surface area contributed by atoms with Crippen LogP contribution in [-0.4, -0.2) is 47.4 Å². The van der Waals surface area contributed by atoms with Crippen LogP contribution in [0, 0.1) is 0 Å². The Bertz CT molecular complexity index is 1110. The molecule has 0 saturated carbocycles. The molecule has 0 bridgehead atoms. The number of fused-ring (bicyclic) bond motifs is 1. The van der Waals surface area contributed by atoms with Crippen molar-refractivity contribution in [1.82, 2.24) is 20.5 Å². The number of aromatic nitrogens is 1. The molecule has 31 heavy (non-hydrogen) atoms. The van der Waals surface area contributed by atoms with Crippen LogP contribution in [-0.2, 0) is 22.6 Å². The van der Waals surface area contributed by atoms with E-state index in [1.165, 1.54) is 4.90 Å². The molecule has 1 aliphatic heterocycles. The summed E-state index contributed by atoms with van der Waals surface area (Å²) < 4.78 is 5.11. The van der Waals surface area contributed by atoms with Crippen molar-refractivity contribution in [3.63, 3.8) is 0 Å². The maximum absolute atomic E-state index is 12.7. The van der Waals surface area contributed by atoms with Gasteiger partial charge in [-0.1, -0.05) is 30.3 Å². The van der Waals surface area contributed by atoms with Gasteiger partial charge in [-0.25, -0.2) is 4.79 Å². The van der Waals surface area contributed by atoms with Gasteiger partial charge in [-0.05, 0) is 35.7 Å². The molecular weight excluding hydrogens is 396 g/mol. The van der Waals surface area contributed by atoms with E-state index < -0.39 is 12.1 Å². The number of imide groups is 1. The number of carbonyl (C=O) groups excluding carboxylic acids is 3. The summed E-state index contributed by atoms with van der Waals surface area (Å²) in [6, 6.07) is 13.9. The molecular formula is C23H24N4O4. The molecule has 2 heterocycles. The van der Waals surface area contributed by atoms with Crippen LogP contribution >= 0.6 is 0 Å². The van der Waals surface area contributed by atoms with E-state index in [1.807, 2.05) is 54.7 Å². The Kier molecular flexibility index (Phi) is 5.88. The van der Waals surface area contributed by atoms with Gasteiger partial charge in [0.15, 0.2) is 0 Å². The molecule has 2 aromatic carbocycles. The number of methoxy groups -OCH3 is 1. The molecule has 8 heteroatoms. The Morgan fingerprint density at radius 3 is 2.68 bits per heavy atom. The average molecular weight is 420 g/mol. The smallest absolute Gasteiger partial charge is 0.324 e. The number of ether oxygens (including phenoxy) is 1. The Morgan fingerprint density at radius 2 is 1.90 bits per heavy atom. The van der Waals surface area contributed by atoms with Gasteiger partial charge in [0.25, 0.3) is 5.91 Å². The molecule has 3 aromatic rings. The number of urea groups is 1. The molecule has 8 nitrogen and oxygen atoms in total. The molecule has 4 rings (SSSR count). The largest absolute Gasteiger partial charge is 0.497 e. The van der Waals surface area contributed by atoms with Crippen LogP contribution in [0.25, 0.3) is 10.9 Å². The fraction of sp³-hybridized carbons (Fsp3) is 0.261. The minimum absolute atomic E-state index is 0.0929. The number of carbonyl (C=O) groups is 3. The highest BCUT2D eigenvalue weighted by molar-refractivity contribution is 6.05. The average Bonchev–Trinajstić information content (AvgIpc) is 3.31. The molecule has 3 N–H and O–H groups in total. The Labute approximate surface area is 179 Å². The molecule has 4 amide bonds. The summed E-state index contributed by atoms with van der Waals surface area (Å²) in [6.07, 6.45) is 2.34. The summed E-state index contributed by atoms with van der Waals surface area (Å²) in [7, 11) is 1.59. The normalized spacial score (nSPS) is 15.9. The molecule has 1 aromatic heterocycles. The lowest BCUT2D eigenvalue weighted by Gasteiger charge is -2.13. The predicted molar refractivity (Wildman–Crippen MR) is 115 cm³/mol. The number of para-hydroxylation sites is 1. The lowest BCUT2D eigenvalue weighted by molar-refractivity contribution is -0.130. The quantitative estimate of drug-likeness (QED) is 0.487. The van der Waals surface area contributed by atoms with E-state index in [9.17, 15) is 14.4 Å². The first-order valence-electron chi connectivity index (χ1n) is 10.1. The monoisotopic (exact) mass is 420 g/mol. The first kappa shape index (κ1) is 20.5. The van der Waals surface area contributed by atoms with E-state index in [4.69, 9.17) is 4.74 Å². The lowest BCUT2D eigenvalue weighted by Crippen LogP contribution is -2.36. The number of benzene rings is 2. The molecule has 0 unspecified atom stereocenters. The molecule has 160 valence electrons. The number of nitrogens with zero attached hydrogens (tertiary/aromatic N) is 1. The fourth-order valence-corrected chi connectivity index (χ4v) is 3.70. The number of hydrogen-bond donors (Lipinski definition) is 3. The van der Waals surface area contributed by atoms with E-state index in [0.29, 0.717) is 13.0 Å². The van der Waals surface area contributed by atoms with Crippen LogP contribution in [0.2, 0.25) is 0 Å². The maximum atomic E-state index is 12.7. The molecule has 0 aliphatic carbocycles. The van der Waals surface area contributed by atoms with Gasteiger partial charge in [-0.2, -0.15) is 0 Å². The maximum Gasteiger partial charge on any atom is 0.324 e. The van der Waals surface area contributed by atoms with Crippen molar-refractivity contribution in [3.8, 4) is 5.75 Å². The molecule has 1 fully saturated rings. The third-order valence-electron chi connectivity index (χ3n) is 5.42. The zero-order valence-electron chi connectivity index (χ0n) is 17.2. The van der Waals surface area contributed by atoms with Gasteiger partial charge in [-0.15, -0.1) is 0 Å². The number of H-pyrrole nitrogens is 1. The Balaban J connectivity index is 1.29. The second-order valence-electron chi connectivity index (χ2n) is 7.43. The van der Waals surface area contributed by atoms with Crippen molar-refractivity contribution in [2.45, 2.75) is 25.4 Å². The zero-order chi connectivity index (χ0) is 21.8. The molecule has 0 spiro atoms. The molecule has 1 saturated heterocycles. The van der Waals surface area contributed by atoms with Crippen molar-refractivity contribution in [1.29, 1.82) is 0 Å². The van der Waals surface area contributed by atoms with Crippen LogP contribution in [0.1, 0.15) is 17.5 Å². The predicted octanol–water partition coefficient (Wildman–Crippen LogP) is 2.35. The van der Waals surface area contributed by atoms with Crippen molar-refractivity contribution in [2.24, 2.45) is 0 Å². The van der Waals surface area contributed by atoms with E-state index in [-0.39, 0.29) is 24.8 Å². The number of amides is 4. The summed E-state index contributed by atoms with van der Waals surface area (Å²) in [6.45, 7) is 0.596. The van der Waals surface area contributed by atoms with Gasteiger partial charge >= 0.3 is 6.03 Å². The van der Waals surface area contributed by atoms with Gasteiger partial charge in [0.1, 0.15) is 11.8 Å². The molecule has 0 radical (unpaired) electrons. The number of hydrogen-bond acceptors (Lipinski definition) is 4. The van der Waals surface area contributed by atoms with Crippen molar-refractivity contribution >= 4 is 28.7 Å². The van der Waals surface area contributed by atoms with Crippen molar-refractivity contribution < 1.29 is 19.1 Å². The van der Waals surface area contributed by atoms with Crippen molar-refractivity contribution in [3.05, 3.63) is 65.9 Å². The Hall–Kier alpha value is -3.81. The zero-order valence-corrected chi connectivity index (χ0v) is 17.2. The summed E-state index contributed by atoms with van der Waals surface area (Å²) in [5.74, 6) is 0.0689.